The van der Waals surface area contributed by atoms with Crippen molar-refractivity contribution >= 4 is 11.8 Å². The lowest BCUT2D eigenvalue weighted by molar-refractivity contribution is 0.258. The number of rotatable bonds is 3. The van der Waals surface area contributed by atoms with Crippen LogP contribution in [0.1, 0.15) is 42.7 Å². The summed E-state index contributed by atoms with van der Waals surface area (Å²) in [5.41, 5.74) is 3.05. The minimum atomic E-state index is 0.780. The van der Waals surface area contributed by atoms with Gasteiger partial charge in [0.05, 0.1) is 0 Å². The second-order valence-corrected chi connectivity index (χ2v) is 7.00. The molecule has 0 bridgehead atoms. The van der Waals surface area contributed by atoms with Gasteiger partial charge in [-0.1, -0.05) is 24.3 Å². The smallest absolute Gasteiger partial charge is 0.00853 e. The van der Waals surface area contributed by atoms with Crippen molar-refractivity contribution < 1.29 is 0 Å². The summed E-state index contributed by atoms with van der Waals surface area (Å²) in [6.07, 6.45) is 5.43. The summed E-state index contributed by atoms with van der Waals surface area (Å²) in [5.74, 6) is 3.51. The monoisotopic (exact) mass is 261 g/mol. The number of hydrogen-bond acceptors (Lipinski definition) is 2. The largest absolute Gasteiger partial charge is 0.311 e. The third kappa shape index (κ3) is 2.75. The first kappa shape index (κ1) is 12.6. The van der Waals surface area contributed by atoms with Crippen LogP contribution in [0.4, 0.5) is 0 Å². The Balaban J connectivity index is 1.49. The summed E-state index contributed by atoms with van der Waals surface area (Å²) in [4.78, 5) is 0. The summed E-state index contributed by atoms with van der Waals surface area (Å²) >= 11 is 2.11. The molecule has 1 aliphatic carbocycles. The van der Waals surface area contributed by atoms with Crippen molar-refractivity contribution in [3.8, 4) is 0 Å². The van der Waals surface area contributed by atoms with Gasteiger partial charge in [-0.15, -0.1) is 0 Å². The lowest BCUT2D eigenvalue weighted by Crippen LogP contribution is -2.46. The van der Waals surface area contributed by atoms with Crippen molar-refractivity contribution in [2.45, 2.75) is 50.6 Å². The molecule has 0 aromatic heterocycles. The van der Waals surface area contributed by atoms with E-state index in [2.05, 4.69) is 48.3 Å². The van der Waals surface area contributed by atoms with E-state index < -0.39 is 0 Å². The highest BCUT2D eigenvalue weighted by molar-refractivity contribution is 7.99. The van der Waals surface area contributed by atoms with Gasteiger partial charge in [-0.25, -0.2) is 0 Å². The molecule has 1 saturated carbocycles. The zero-order valence-corrected chi connectivity index (χ0v) is 12.0. The summed E-state index contributed by atoms with van der Waals surface area (Å²) in [5, 5.41) is 3.86. The van der Waals surface area contributed by atoms with E-state index in [1.807, 2.05) is 0 Å². The molecule has 2 heteroatoms. The zero-order chi connectivity index (χ0) is 12.4. The third-order valence-corrected chi connectivity index (χ3v) is 5.51. The van der Waals surface area contributed by atoms with Crippen LogP contribution in [0.15, 0.2) is 24.3 Å². The molecule has 1 N–H and O–H groups in total. The Hall–Kier alpha value is -0.470. The minimum absolute atomic E-state index is 0.780. The standard InChI is InChI=1S/C16H23NS/c1-12-4-2-3-5-16(12)13-10-15(11-13)17-14-6-8-18-9-7-14/h2-5,13-15,17H,6-11H2,1H3. The summed E-state index contributed by atoms with van der Waals surface area (Å²) in [6, 6.07) is 10.5. The topological polar surface area (TPSA) is 12.0 Å². The number of thioether (sulfide) groups is 1. The molecule has 0 amide bonds. The van der Waals surface area contributed by atoms with Crippen molar-refractivity contribution in [3.05, 3.63) is 35.4 Å². The Kier molecular flexibility index (Phi) is 3.95. The summed E-state index contributed by atoms with van der Waals surface area (Å²) in [6.45, 7) is 2.24. The Morgan fingerprint density at radius 3 is 2.50 bits per heavy atom. The van der Waals surface area contributed by atoms with Crippen LogP contribution < -0.4 is 5.32 Å². The number of hydrogen-bond donors (Lipinski definition) is 1. The molecule has 1 aromatic rings. The van der Waals surface area contributed by atoms with Crippen molar-refractivity contribution in [3.63, 3.8) is 0 Å². The van der Waals surface area contributed by atoms with Gasteiger partial charge in [-0.2, -0.15) is 11.8 Å². The fraction of sp³-hybridized carbons (Fsp3) is 0.625. The van der Waals surface area contributed by atoms with Crippen molar-refractivity contribution in [1.29, 1.82) is 0 Å². The highest BCUT2D eigenvalue weighted by Crippen LogP contribution is 2.38. The molecule has 1 aromatic carbocycles. The Labute approximate surface area is 115 Å². The minimum Gasteiger partial charge on any atom is -0.311 e. The molecule has 0 atom stereocenters. The van der Waals surface area contributed by atoms with Gasteiger partial charge < -0.3 is 5.32 Å². The third-order valence-electron chi connectivity index (χ3n) is 4.46. The first-order valence-corrected chi connectivity index (χ1v) is 8.37. The molecule has 2 aliphatic rings. The van der Waals surface area contributed by atoms with E-state index >= 15 is 0 Å². The summed E-state index contributed by atoms with van der Waals surface area (Å²) in [7, 11) is 0. The van der Waals surface area contributed by atoms with Gasteiger partial charge in [0.1, 0.15) is 0 Å². The molecule has 0 spiro atoms. The van der Waals surface area contributed by atoms with E-state index in [4.69, 9.17) is 0 Å². The van der Waals surface area contributed by atoms with E-state index in [-0.39, 0.29) is 0 Å². The molecule has 1 aliphatic heterocycles. The van der Waals surface area contributed by atoms with Crippen molar-refractivity contribution in [1.82, 2.24) is 5.32 Å². The lowest BCUT2D eigenvalue weighted by Gasteiger charge is -2.40. The summed E-state index contributed by atoms with van der Waals surface area (Å²) < 4.78 is 0. The van der Waals surface area contributed by atoms with Crippen molar-refractivity contribution in [2.75, 3.05) is 11.5 Å². The Morgan fingerprint density at radius 2 is 1.78 bits per heavy atom. The van der Waals surface area contributed by atoms with Gasteiger partial charge in [0.2, 0.25) is 0 Å². The van der Waals surface area contributed by atoms with Gasteiger partial charge in [0.25, 0.3) is 0 Å². The number of aryl methyl sites for hydroxylation is 1. The molecule has 1 nitrogen and oxygen atoms in total. The molecule has 1 saturated heterocycles. The number of benzene rings is 1. The average Bonchev–Trinajstić information content (AvgIpc) is 2.36. The van der Waals surface area contributed by atoms with Gasteiger partial charge in [0.15, 0.2) is 0 Å². The van der Waals surface area contributed by atoms with E-state index in [0.29, 0.717) is 0 Å². The fourth-order valence-electron chi connectivity index (χ4n) is 3.25. The maximum Gasteiger partial charge on any atom is 0.00853 e. The Bertz CT molecular complexity index is 392. The van der Waals surface area contributed by atoms with E-state index in [1.54, 1.807) is 5.56 Å². The van der Waals surface area contributed by atoms with Crippen molar-refractivity contribution in [2.24, 2.45) is 0 Å². The van der Waals surface area contributed by atoms with Gasteiger partial charge in [-0.3, -0.25) is 0 Å². The quantitative estimate of drug-likeness (QED) is 0.890. The van der Waals surface area contributed by atoms with Crippen LogP contribution >= 0.6 is 11.8 Å². The van der Waals surface area contributed by atoms with E-state index in [1.165, 1.54) is 42.8 Å². The van der Waals surface area contributed by atoms with Gasteiger partial charge in [-0.05, 0) is 61.2 Å². The van der Waals surface area contributed by atoms with Crippen LogP contribution in [0, 0.1) is 6.92 Å². The number of nitrogens with one attached hydrogen (secondary N) is 1. The van der Waals surface area contributed by atoms with Crippen LogP contribution in [0.25, 0.3) is 0 Å². The second-order valence-electron chi connectivity index (χ2n) is 5.78. The molecule has 2 fully saturated rings. The molecular weight excluding hydrogens is 238 g/mol. The van der Waals surface area contributed by atoms with E-state index in [9.17, 15) is 0 Å². The average molecular weight is 261 g/mol. The van der Waals surface area contributed by atoms with E-state index in [0.717, 1.165) is 18.0 Å². The molecule has 3 rings (SSSR count). The predicted octanol–water partition coefficient (Wildman–Crippen LogP) is 3.73. The molecule has 1 heterocycles. The molecular formula is C16H23NS. The van der Waals surface area contributed by atoms with Crippen LogP contribution in [-0.2, 0) is 0 Å². The molecule has 18 heavy (non-hydrogen) atoms. The first-order chi connectivity index (χ1) is 8.83. The first-order valence-electron chi connectivity index (χ1n) is 7.22. The molecule has 98 valence electrons. The Morgan fingerprint density at radius 1 is 1.06 bits per heavy atom. The SMILES string of the molecule is Cc1ccccc1C1CC(NC2CCSCC2)C1. The van der Waals surface area contributed by atoms with Gasteiger partial charge >= 0.3 is 0 Å². The van der Waals surface area contributed by atoms with Crippen LogP contribution in [0.5, 0.6) is 0 Å². The maximum absolute atomic E-state index is 3.86. The lowest BCUT2D eigenvalue weighted by atomic mass is 9.74. The zero-order valence-electron chi connectivity index (χ0n) is 11.2. The fourth-order valence-corrected chi connectivity index (χ4v) is 4.36. The highest BCUT2D eigenvalue weighted by atomic mass is 32.2. The highest BCUT2D eigenvalue weighted by Gasteiger charge is 2.32. The second kappa shape index (κ2) is 5.66. The molecule has 0 radical (unpaired) electrons. The predicted molar refractivity (Wildman–Crippen MR) is 80.4 cm³/mol. The maximum atomic E-state index is 3.86. The van der Waals surface area contributed by atoms with Crippen LogP contribution in [0.3, 0.4) is 0 Å². The van der Waals surface area contributed by atoms with Crippen LogP contribution in [-0.4, -0.2) is 23.6 Å². The van der Waals surface area contributed by atoms with Gasteiger partial charge in [0, 0.05) is 12.1 Å². The molecule has 0 unspecified atom stereocenters. The normalized spacial score (nSPS) is 28.9. The van der Waals surface area contributed by atoms with Crippen LogP contribution in [0.2, 0.25) is 0 Å².